The maximum Gasteiger partial charge on any atom is 0.315 e. The van der Waals surface area contributed by atoms with E-state index in [9.17, 15) is 28.1 Å². The van der Waals surface area contributed by atoms with Crippen LogP contribution in [-0.4, -0.2) is 48.4 Å². The number of hydrogen-bond acceptors (Lipinski definition) is 9. The highest BCUT2D eigenvalue weighted by Crippen LogP contribution is 2.14. The number of carbonyl (C=O) groups is 2. The van der Waals surface area contributed by atoms with Gasteiger partial charge in [-0.05, 0) is 24.3 Å². The van der Waals surface area contributed by atoms with Gasteiger partial charge < -0.3 is 15.2 Å². The smallest absolute Gasteiger partial charge is 0.315 e. The summed E-state index contributed by atoms with van der Waals surface area (Å²) in [4.78, 5) is 38.0. The number of nitrogens with zero attached hydrogens (tertiary/aromatic N) is 3. The molecule has 0 radical (unpaired) electrons. The van der Waals surface area contributed by atoms with Crippen LogP contribution >= 0.6 is 0 Å². The molecule has 0 unspecified atom stereocenters. The molecule has 32 heavy (non-hydrogen) atoms. The predicted molar refractivity (Wildman–Crippen MR) is 109 cm³/mol. The molecule has 3 rings (SSSR count). The van der Waals surface area contributed by atoms with E-state index in [1.165, 1.54) is 36.4 Å². The molecule has 0 aliphatic carbocycles. The number of aromatic nitrogens is 2. The van der Waals surface area contributed by atoms with Crippen LogP contribution in [0.15, 0.2) is 64.0 Å². The quantitative estimate of drug-likeness (QED) is 0.270. The van der Waals surface area contributed by atoms with Gasteiger partial charge in [0.1, 0.15) is 5.75 Å². The average Bonchev–Trinajstić information content (AvgIpc) is 3.25. The minimum atomic E-state index is -3.69. The molecular formula is C19H17N5O7S. The standard InChI is InChI=1S/C19H17N5O7S/c25-17(13-6-8-14(9-7-13)24(27)28)20-10-11-21-18(26)19-22-16(23-31-19)12-32(29,30)15-4-2-1-3-5-15/h1-9H,10-12H2,(H,20,25)(H,21,26). The van der Waals surface area contributed by atoms with Crippen molar-refractivity contribution in [3.8, 4) is 0 Å². The first kappa shape index (κ1) is 22.6. The lowest BCUT2D eigenvalue weighted by Gasteiger charge is -2.05. The number of nitrogens with one attached hydrogen (secondary N) is 2. The number of hydrogen-bond donors (Lipinski definition) is 2. The Morgan fingerprint density at radius 2 is 1.59 bits per heavy atom. The number of amides is 2. The molecule has 0 aliphatic rings. The summed E-state index contributed by atoms with van der Waals surface area (Å²) in [5.74, 6) is -2.31. The third kappa shape index (κ3) is 5.72. The maximum atomic E-state index is 12.3. The fraction of sp³-hybridized carbons (Fsp3) is 0.158. The first-order valence-electron chi connectivity index (χ1n) is 9.17. The number of benzene rings is 2. The van der Waals surface area contributed by atoms with Crippen molar-refractivity contribution < 1.29 is 27.5 Å². The zero-order valence-corrected chi connectivity index (χ0v) is 17.2. The second kappa shape index (κ2) is 9.78. The first-order valence-corrected chi connectivity index (χ1v) is 10.8. The first-order chi connectivity index (χ1) is 15.3. The molecule has 13 heteroatoms. The summed E-state index contributed by atoms with van der Waals surface area (Å²) in [6, 6.07) is 12.8. The van der Waals surface area contributed by atoms with Crippen molar-refractivity contribution in [1.82, 2.24) is 20.8 Å². The minimum absolute atomic E-state index is 0.0254. The molecule has 3 aromatic rings. The number of nitro benzene ring substituents is 1. The SMILES string of the molecule is O=C(NCCNC(=O)c1nc(CS(=O)(=O)c2ccccc2)no1)c1ccc([N+](=O)[O-])cc1. The number of nitro groups is 1. The molecule has 0 atom stereocenters. The monoisotopic (exact) mass is 459 g/mol. The molecular weight excluding hydrogens is 442 g/mol. The van der Waals surface area contributed by atoms with Crippen LogP contribution in [0.2, 0.25) is 0 Å². The molecule has 1 heterocycles. The molecule has 12 nitrogen and oxygen atoms in total. The number of sulfone groups is 1. The van der Waals surface area contributed by atoms with Crippen LogP contribution in [0.4, 0.5) is 5.69 Å². The largest absolute Gasteiger partial charge is 0.350 e. The van der Waals surface area contributed by atoms with E-state index in [1.54, 1.807) is 18.2 Å². The Kier molecular flexibility index (Phi) is 6.90. The van der Waals surface area contributed by atoms with Crippen LogP contribution < -0.4 is 10.6 Å². The van der Waals surface area contributed by atoms with Gasteiger partial charge >= 0.3 is 11.8 Å². The van der Waals surface area contributed by atoms with Gasteiger partial charge in [0.15, 0.2) is 15.7 Å². The zero-order valence-electron chi connectivity index (χ0n) is 16.4. The van der Waals surface area contributed by atoms with Crippen LogP contribution in [0.25, 0.3) is 0 Å². The van der Waals surface area contributed by atoms with Crippen LogP contribution in [0.3, 0.4) is 0 Å². The lowest BCUT2D eigenvalue weighted by molar-refractivity contribution is -0.384. The third-order valence-electron chi connectivity index (χ3n) is 4.12. The molecule has 0 fully saturated rings. The summed E-state index contributed by atoms with van der Waals surface area (Å²) in [6.07, 6.45) is 0. The summed E-state index contributed by atoms with van der Waals surface area (Å²) < 4.78 is 29.5. The summed E-state index contributed by atoms with van der Waals surface area (Å²) in [6.45, 7) is 0.0858. The number of carbonyl (C=O) groups excluding carboxylic acids is 2. The summed E-state index contributed by atoms with van der Waals surface area (Å²) in [5, 5.41) is 19.1. The molecule has 2 amide bonds. The number of rotatable bonds is 9. The Morgan fingerprint density at radius 3 is 2.22 bits per heavy atom. The van der Waals surface area contributed by atoms with Crippen molar-refractivity contribution in [2.75, 3.05) is 13.1 Å². The van der Waals surface area contributed by atoms with E-state index in [2.05, 4.69) is 20.8 Å². The van der Waals surface area contributed by atoms with Crippen molar-refractivity contribution in [2.45, 2.75) is 10.6 Å². The van der Waals surface area contributed by atoms with Gasteiger partial charge in [0, 0.05) is 30.8 Å². The van der Waals surface area contributed by atoms with E-state index in [0.717, 1.165) is 0 Å². The van der Waals surface area contributed by atoms with Gasteiger partial charge in [-0.3, -0.25) is 19.7 Å². The second-order valence-corrected chi connectivity index (χ2v) is 8.39. The van der Waals surface area contributed by atoms with Gasteiger partial charge in [0.25, 0.3) is 11.6 Å². The molecule has 1 aromatic heterocycles. The normalized spacial score (nSPS) is 11.0. The lowest BCUT2D eigenvalue weighted by Crippen LogP contribution is -2.34. The van der Waals surface area contributed by atoms with E-state index in [0.29, 0.717) is 0 Å². The third-order valence-corrected chi connectivity index (χ3v) is 5.75. The minimum Gasteiger partial charge on any atom is -0.350 e. The molecule has 2 N–H and O–H groups in total. The van der Waals surface area contributed by atoms with Crippen LogP contribution in [-0.2, 0) is 15.6 Å². The highest BCUT2D eigenvalue weighted by molar-refractivity contribution is 7.90. The van der Waals surface area contributed by atoms with E-state index in [-0.39, 0.29) is 35.1 Å². The Hall–Kier alpha value is -4.13. The topological polar surface area (TPSA) is 174 Å². The fourth-order valence-corrected chi connectivity index (χ4v) is 3.75. The Labute approximate surface area is 181 Å². The van der Waals surface area contributed by atoms with Crippen molar-refractivity contribution in [2.24, 2.45) is 0 Å². The molecule has 166 valence electrons. The maximum absolute atomic E-state index is 12.3. The summed E-state index contributed by atoms with van der Waals surface area (Å²) in [7, 11) is -3.69. The predicted octanol–water partition coefficient (Wildman–Crippen LogP) is 1.11. The summed E-state index contributed by atoms with van der Waals surface area (Å²) >= 11 is 0. The molecule has 0 bridgehead atoms. The molecule has 0 spiro atoms. The average molecular weight is 459 g/mol. The van der Waals surface area contributed by atoms with E-state index < -0.39 is 38.2 Å². The van der Waals surface area contributed by atoms with Crippen LogP contribution in [0, 0.1) is 10.1 Å². The van der Waals surface area contributed by atoms with Gasteiger partial charge in [0.2, 0.25) is 0 Å². The van der Waals surface area contributed by atoms with E-state index in [4.69, 9.17) is 4.52 Å². The highest BCUT2D eigenvalue weighted by atomic mass is 32.2. The van der Waals surface area contributed by atoms with Gasteiger partial charge in [0.05, 0.1) is 9.82 Å². The van der Waals surface area contributed by atoms with E-state index >= 15 is 0 Å². The van der Waals surface area contributed by atoms with Gasteiger partial charge in [-0.25, -0.2) is 8.42 Å². The van der Waals surface area contributed by atoms with Crippen LogP contribution in [0.1, 0.15) is 26.9 Å². The Morgan fingerprint density at radius 1 is 0.969 bits per heavy atom. The van der Waals surface area contributed by atoms with E-state index in [1.807, 2.05) is 0 Å². The lowest BCUT2D eigenvalue weighted by atomic mass is 10.2. The number of non-ortho nitro benzene ring substituents is 1. The second-order valence-electron chi connectivity index (χ2n) is 6.40. The zero-order chi connectivity index (χ0) is 23.1. The van der Waals surface area contributed by atoms with Gasteiger partial charge in [-0.2, -0.15) is 4.98 Å². The van der Waals surface area contributed by atoms with Crippen LogP contribution in [0.5, 0.6) is 0 Å². The highest BCUT2D eigenvalue weighted by Gasteiger charge is 2.21. The molecule has 0 aliphatic heterocycles. The summed E-state index contributed by atoms with van der Waals surface area (Å²) in [5.41, 5.74) is 0.0902. The van der Waals surface area contributed by atoms with Crippen molar-refractivity contribution in [3.63, 3.8) is 0 Å². The molecule has 2 aromatic carbocycles. The Bertz CT molecular complexity index is 1220. The Balaban J connectivity index is 1.47. The molecule has 0 saturated heterocycles. The van der Waals surface area contributed by atoms with Crippen molar-refractivity contribution in [1.29, 1.82) is 0 Å². The van der Waals surface area contributed by atoms with Gasteiger partial charge in [-0.15, -0.1) is 0 Å². The van der Waals surface area contributed by atoms with Crippen molar-refractivity contribution in [3.05, 3.63) is 82.0 Å². The van der Waals surface area contributed by atoms with Gasteiger partial charge in [-0.1, -0.05) is 23.4 Å². The van der Waals surface area contributed by atoms with Crippen molar-refractivity contribution >= 4 is 27.3 Å². The fourth-order valence-electron chi connectivity index (χ4n) is 2.55. The molecule has 0 saturated carbocycles.